The van der Waals surface area contributed by atoms with E-state index in [4.69, 9.17) is 16.0 Å². The predicted octanol–water partition coefficient (Wildman–Crippen LogP) is 6.13. The van der Waals surface area contributed by atoms with Crippen molar-refractivity contribution >= 4 is 37.1 Å². The number of carbonyl (C=O) groups is 3. The van der Waals surface area contributed by atoms with Gasteiger partial charge in [-0.1, -0.05) is 6.92 Å². The second kappa shape index (κ2) is 22.4. The molecule has 0 radical (unpaired) electrons. The van der Waals surface area contributed by atoms with Gasteiger partial charge in [-0.2, -0.15) is 0 Å². The van der Waals surface area contributed by atoms with Crippen LogP contribution in [0.25, 0.3) is 0 Å². The maximum absolute atomic E-state index is 12.7. The second-order valence-corrected chi connectivity index (χ2v) is 18.0. The van der Waals surface area contributed by atoms with E-state index in [1.165, 1.54) is 38.5 Å². The van der Waals surface area contributed by atoms with Gasteiger partial charge in [0.1, 0.15) is 0 Å². The van der Waals surface area contributed by atoms with Crippen LogP contribution >= 0.6 is 0 Å². The van der Waals surface area contributed by atoms with Crippen molar-refractivity contribution in [2.24, 2.45) is 0 Å². The van der Waals surface area contributed by atoms with Gasteiger partial charge in [-0.3, -0.25) is 0 Å². The van der Waals surface area contributed by atoms with Crippen molar-refractivity contribution in [3.63, 3.8) is 0 Å². The molecule has 0 aromatic carbocycles. The third-order valence-corrected chi connectivity index (χ3v) is 15.3. The fourth-order valence-corrected chi connectivity index (χ4v) is 13.4. The average molecular weight is 591 g/mol. The fraction of sp³-hybridized carbons (Fsp3) is 0.808. The number of unbranched alkanes of at least 4 members (excludes halogenated alkanes) is 10. The zero-order valence-electron chi connectivity index (χ0n) is 21.8. The quantitative estimate of drug-likeness (QED) is 0.0701. The molecule has 34 heavy (non-hydrogen) atoms. The Morgan fingerprint density at radius 2 is 1.18 bits per heavy atom. The predicted molar refractivity (Wildman–Crippen MR) is 136 cm³/mol. The zero-order chi connectivity index (χ0) is 25.5. The van der Waals surface area contributed by atoms with Gasteiger partial charge in [0.15, 0.2) is 0 Å². The Morgan fingerprint density at radius 1 is 0.676 bits per heavy atom. The molecule has 0 aromatic rings. The molecule has 0 bridgehead atoms. The number of aliphatic hydroxyl groups is 1. The first kappa shape index (κ1) is 32.9. The van der Waals surface area contributed by atoms with E-state index in [1.807, 2.05) is 0 Å². The van der Waals surface area contributed by atoms with Gasteiger partial charge >= 0.3 is 205 Å². The summed E-state index contributed by atoms with van der Waals surface area (Å²) < 4.78 is 17.8. The molecule has 0 spiro atoms. The van der Waals surface area contributed by atoms with E-state index in [2.05, 4.69) is 20.8 Å². The van der Waals surface area contributed by atoms with Crippen molar-refractivity contribution in [1.29, 1.82) is 0 Å². The number of carbonyl (C=O) groups excluding carboxylic acids is 3. The number of rotatable bonds is 22. The Kier molecular flexibility index (Phi) is 21.7. The molecule has 7 nitrogen and oxygen atoms in total. The van der Waals surface area contributed by atoms with Gasteiger partial charge < -0.3 is 0 Å². The van der Waals surface area contributed by atoms with E-state index >= 15 is 0 Å². The van der Waals surface area contributed by atoms with Crippen LogP contribution in [0.1, 0.15) is 111 Å². The van der Waals surface area contributed by atoms with Crippen LogP contribution in [0.3, 0.4) is 0 Å². The van der Waals surface area contributed by atoms with Crippen LogP contribution < -0.4 is 0 Å². The van der Waals surface area contributed by atoms with E-state index in [0.29, 0.717) is 15.3 Å². The van der Waals surface area contributed by atoms with E-state index in [1.54, 1.807) is 0 Å². The van der Waals surface area contributed by atoms with Crippen molar-refractivity contribution in [2.45, 2.75) is 120 Å². The molecule has 0 rings (SSSR count). The van der Waals surface area contributed by atoms with Gasteiger partial charge in [0.05, 0.1) is 0 Å². The van der Waals surface area contributed by atoms with E-state index in [-0.39, 0.29) is 19.2 Å². The first-order valence-corrected chi connectivity index (χ1v) is 19.7. The Labute approximate surface area is 212 Å². The molecule has 0 aliphatic carbocycles. The molecule has 0 aliphatic rings. The minimum atomic E-state index is -4.01. The molecule has 0 heterocycles. The van der Waals surface area contributed by atoms with Crippen LogP contribution in [-0.4, -0.2) is 55.4 Å². The van der Waals surface area contributed by atoms with Gasteiger partial charge in [0.25, 0.3) is 0 Å². The summed E-state index contributed by atoms with van der Waals surface area (Å²) >= 11 is -4.01. The number of ether oxygens (including phenoxy) is 1. The molecule has 0 unspecified atom stereocenters. The molecule has 0 atom stereocenters. The van der Waals surface area contributed by atoms with Crippen LogP contribution in [0.5, 0.6) is 0 Å². The Balaban J connectivity index is 4.80. The number of hydrogen-bond donors (Lipinski definition) is 1. The third-order valence-electron chi connectivity index (χ3n) is 5.58. The number of esters is 1. The van der Waals surface area contributed by atoms with Crippen LogP contribution in [0, 0.1) is 0 Å². The maximum atomic E-state index is 12.7. The van der Waals surface area contributed by atoms with Gasteiger partial charge in [-0.05, 0) is 0 Å². The summed E-state index contributed by atoms with van der Waals surface area (Å²) in [7, 11) is 0. The first-order valence-electron chi connectivity index (χ1n) is 13.3. The second-order valence-electron chi connectivity index (χ2n) is 8.82. The van der Waals surface area contributed by atoms with Crippen molar-refractivity contribution < 1.29 is 30.4 Å². The van der Waals surface area contributed by atoms with Crippen molar-refractivity contribution in [3.8, 4) is 0 Å². The van der Waals surface area contributed by atoms with Crippen LogP contribution in [0.15, 0.2) is 12.2 Å². The van der Waals surface area contributed by atoms with E-state index in [0.717, 1.165) is 57.1 Å². The summed E-state index contributed by atoms with van der Waals surface area (Å²) in [6.07, 6.45) is 16.4. The molecule has 0 saturated heterocycles. The van der Waals surface area contributed by atoms with Crippen molar-refractivity contribution in [2.75, 3.05) is 13.2 Å². The standard InChI is InChI=1S/C12H24O2.C6H8O5.2C4H9.Sn/c1-2-3-4-5-6-7-8-9-10-11-12(13)14;7-3-4-11-6(10)2-1-5(8)9;2*1-3-4-2;/h2-11H2,1H3,(H,13,14);1-2,7H,3-4H2,(H,8,9);2*1,3-4H2,2H3;/q;;;;+2/p-2/b;2-1-;;;. The summed E-state index contributed by atoms with van der Waals surface area (Å²) in [6.45, 7) is 5.91. The van der Waals surface area contributed by atoms with Gasteiger partial charge in [-0.15, -0.1) is 0 Å². The normalized spacial score (nSPS) is 11.5. The SMILES string of the molecule is CCCCCCCCCCCC(=O)[O][Sn]([CH2]CCC)([CH2]CCC)[O]C(=O)/C=C\C(=O)OCCO. The zero-order valence-corrected chi connectivity index (χ0v) is 24.6. The van der Waals surface area contributed by atoms with Gasteiger partial charge in [0, 0.05) is 0 Å². The minimum absolute atomic E-state index is 0.134. The van der Waals surface area contributed by atoms with Crippen LogP contribution in [0.4, 0.5) is 0 Å². The molecule has 0 amide bonds. The molecule has 1 N–H and O–H groups in total. The molecule has 198 valence electrons. The topological polar surface area (TPSA) is 99.1 Å². The summed E-state index contributed by atoms with van der Waals surface area (Å²) in [4.78, 5) is 36.7. The van der Waals surface area contributed by atoms with Gasteiger partial charge in [0.2, 0.25) is 0 Å². The Morgan fingerprint density at radius 3 is 1.71 bits per heavy atom. The molecular formula is C26H48O7Sn. The fourth-order valence-electron chi connectivity index (χ4n) is 3.63. The van der Waals surface area contributed by atoms with E-state index in [9.17, 15) is 14.4 Å². The third kappa shape index (κ3) is 18.3. The van der Waals surface area contributed by atoms with Gasteiger partial charge in [-0.25, -0.2) is 0 Å². The first-order chi connectivity index (χ1) is 16.4. The summed E-state index contributed by atoms with van der Waals surface area (Å²) in [5, 5.41) is 8.70. The van der Waals surface area contributed by atoms with Crippen LogP contribution in [-0.2, 0) is 25.3 Å². The molecule has 0 aromatic heterocycles. The van der Waals surface area contributed by atoms with Crippen molar-refractivity contribution in [1.82, 2.24) is 0 Å². The van der Waals surface area contributed by atoms with E-state index < -0.39 is 31.1 Å². The molecule has 0 fully saturated rings. The van der Waals surface area contributed by atoms with Crippen molar-refractivity contribution in [3.05, 3.63) is 12.2 Å². The summed E-state index contributed by atoms with van der Waals surface area (Å²) in [6, 6.07) is 0. The number of aliphatic hydroxyl groups excluding tert-OH is 1. The monoisotopic (exact) mass is 592 g/mol. The molecule has 0 aliphatic heterocycles. The molecular weight excluding hydrogens is 543 g/mol. The van der Waals surface area contributed by atoms with Crippen LogP contribution in [0.2, 0.25) is 8.87 Å². The average Bonchev–Trinajstić information content (AvgIpc) is 2.82. The Bertz CT molecular complexity index is 569. The number of hydrogen-bond acceptors (Lipinski definition) is 7. The summed E-state index contributed by atoms with van der Waals surface area (Å²) in [5.74, 6) is -1.65. The Hall–Kier alpha value is -1.09. The summed E-state index contributed by atoms with van der Waals surface area (Å²) in [5.41, 5.74) is 0. The molecule has 0 saturated carbocycles. The molecule has 8 heteroatoms.